The van der Waals surface area contributed by atoms with E-state index >= 15 is 0 Å². The molecule has 0 amide bonds. The van der Waals surface area contributed by atoms with Crippen LogP contribution in [-0.2, 0) is 6.54 Å². The molecule has 0 aliphatic carbocycles. The van der Waals surface area contributed by atoms with Crippen molar-refractivity contribution in [3.05, 3.63) is 29.8 Å². The van der Waals surface area contributed by atoms with Crippen molar-refractivity contribution in [1.29, 1.82) is 0 Å². The van der Waals surface area contributed by atoms with Gasteiger partial charge in [0.15, 0.2) is 0 Å². The maximum Gasteiger partial charge on any atom is 0.0351 e. The minimum absolute atomic E-state index is 0.799. The predicted octanol–water partition coefficient (Wildman–Crippen LogP) is 1.50. The summed E-state index contributed by atoms with van der Waals surface area (Å²) < 4.78 is 0. The van der Waals surface area contributed by atoms with E-state index in [1.54, 1.807) is 0 Å². The monoisotopic (exact) mass is 277 g/mol. The van der Waals surface area contributed by atoms with Crippen molar-refractivity contribution in [1.82, 2.24) is 15.1 Å². The van der Waals surface area contributed by atoms with Gasteiger partial charge in [0.2, 0.25) is 0 Å². The van der Waals surface area contributed by atoms with Gasteiger partial charge in [-0.25, -0.2) is 0 Å². The zero-order valence-corrected chi connectivity index (χ0v) is 12.5. The van der Waals surface area contributed by atoms with E-state index in [0.29, 0.717) is 0 Å². The molecule has 2 saturated heterocycles. The van der Waals surface area contributed by atoms with E-state index in [9.17, 15) is 0 Å². The second-order valence-electron chi connectivity index (χ2n) is 5.48. The maximum atomic E-state index is 3.42. The van der Waals surface area contributed by atoms with Gasteiger partial charge in [-0.3, -0.25) is 9.80 Å². The Morgan fingerprint density at radius 2 is 1.84 bits per heavy atom. The van der Waals surface area contributed by atoms with Gasteiger partial charge in [-0.05, 0) is 24.0 Å². The summed E-state index contributed by atoms with van der Waals surface area (Å²) in [5.74, 6) is 0. The average molecular weight is 277 g/mol. The normalized spacial score (nSPS) is 22.4. The van der Waals surface area contributed by atoms with Crippen molar-refractivity contribution in [3.8, 4) is 0 Å². The van der Waals surface area contributed by atoms with Crippen molar-refractivity contribution < 1.29 is 0 Å². The number of hydrogen-bond acceptors (Lipinski definition) is 4. The molecule has 2 aliphatic rings. The van der Waals surface area contributed by atoms with Crippen LogP contribution in [-0.4, -0.2) is 61.4 Å². The molecule has 0 unspecified atom stereocenters. The predicted molar refractivity (Wildman–Crippen MR) is 81.7 cm³/mol. The van der Waals surface area contributed by atoms with Crippen molar-refractivity contribution >= 4 is 11.8 Å². The first-order valence-electron chi connectivity index (χ1n) is 7.15. The van der Waals surface area contributed by atoms with E-state index in [1.807, 2.05) is 11.8 Å². The number of nitrogens with one attached hydrogen (secondary N) is 1. The minimum atomic E-state index is 0.799. The molecule has 0 saturated carbocycles. The SMILES string of the molecule is CSc1ccc(CN2CC(N3CCNCC3)C2)cc1. The molecule has 0 bridgehead atoms. The highest BCUT2D eigenvalue weighted by Gasteiger charge is 2.31. The zero-order valence-electron chi connectivity index (χ0n) is 11.6. The number of hydrogen-bond donors (Lipinski definition) is 1. The fourth-order valence-electron chi connectivity index (χ4n) is 2.94. The minimum Gasteiger partial charge on any atom is -0.314 e. The Balaban J connectivity index is 1.45. The highest BCUT2D eigenvalue weighted by molar-refractivity contribution is 7.98. The van der Waals surface area contributed by atoms with E-state index in [0.717, 1.165) is 25.7 Å². The van der Waals surface area contributed by atoms with Crippen LogP contribution in [0.2, 0.25) is 0 Å². The summed E-state index contributed by atoms with van der Waals surface area (Å²) in [6.07, 6.45) is 2.13. The van der Waals surface area contributed by atoms with E-state index in [1.165, 1.54) is 36.6 Å². The Kier molecular flexibility index (Phi) is 4.43. The molecule has 1 aromatic carbocycles. The molecule has 0 aromatic heterocycles. The molecule has 0 radical (unpaired) electrons. The quantitative estimate of drug-likeness (QED) is 0.840. The van der Waals surface area contributed by atoms with Crippen LogP contribution in [0.5, 0.6) is 0 Å². The summed E-state index contributed by atoms with van der Waals surface area (Å²) in [5.41, 5.74) is 1.44. The Hall–Kier alpha value is -0.550. The number of piperazine rings is 1. The van der Waals surface area contributed by atoms with Crippen LogP contribution < -0.4 is 5.32 Å². The van der Waals surface area contributed by atoms with Gasteiger partial charge in [-0.1, -0.05) is 12.1 Å². The fourth-order valence-corrected chi connectivity index (χ4v) is 3.35. The Labute approximate surface area is 120 Å². The summed E-state index contributed by atoms with van der Waals surface area (Å²) in [7, 11) is 0. The molecular formula is C15H23N3S. The highest BCUT2D eigenvalue weighted by Crippen LogP contribution is 2.20. The summed E-state index contributed by atoms with van der Waals surface area (Å²) in [6.45, 7) is 8.35. The zero-order chi connectivity index (χ0) is 13.1. The molecule has 1 aromatic rings. The largest absolute Gasteiger partial charge is 0.314 e. The molecule has 3 nitrogen and oxygen atoms in total. The van der Waals surface area contributed by atoms with Crippen LogP contribution in [0.25, 0.3) is 0 Å². The smallest absolute Gasteiger partial charge is 0.0351 e. The van der Waals surface area contributed by atoms with Gasteiger partial charge in [0, 0.05) is 56.8 Å². The van der Waals surface area contributed by atoms with Crippen LogP contribution in [0.4, 0.5) is 0 Å². The molecule has 2 fully saturated rings. The lowest BCUT2D eigenvalue weighted by Crippen LogP contribution is -2.62. The Morgan fingerprint density at radius 1 is 1.16 bits per heavy atom. The number of likely N-dealkylation sites (tertiary alicyclic amines) is 1. The molecule has 3 rings (SSSR count). The van der Waals surface area contributed by atoms with E-state index in [-0.39, 0.29) is 0 Å². The summed E-state index contributed by atoms with van der Waals surface area (Å²) in [4.78, 5) is 6.55. The van der Waals surface area contributed by atoms with Crippen LogP contribution in [0.1, 0.15) is 5.56 Å². The second kappa shape index (κ2) is 6.27. The second-order valence-corrected chi connectivity index (χ2v) is 6.36. The number of nitrogens with zero attached hydrogens (tertiary/aromatic N) is 2. The summed E-state index contributed by atoms with van der Waals surface area (Å²) in [6, 6.07) is 9.79. The first kappa shape index (κ1) is 13.4. The molecule has 104 valence electrons. The van der Waals surface area contributed by atoms with Crippen LogP contribution in [0, 0.1) is 0 Å². The van der Waals surface area contributed by atoms with Crippen molar-refractivity contribution in [2.75, 3.05) is 45.5 Å². The van der Waals surface area contributed by atoms with Crippen molar-refractivity contribution in [2.24, 2.45) is 0 Å². The summed E-state index contributed by atoms with van der Waals surface area (Å²) in [5, 5.41) is 3.42. The topological polar surface area (TPSA) is 18.5 Å². The Bertz CT molecular complexity index is 394. The molecule has 2 heterocycles. The molecule has 0 spiro atoms. The van der Waals surface area contributed by atoms with Gasteiger partial charge in [-0.2, -0.15) is 0 Å². The average Bonchev–Trinajstić information content (AvgIpc) is 2.44. The lowest BCUT2D eigenvalue weighted by Gasteiger charge is -2.46. The molecule has 0 atom stereocenters. The molecule has 4 heteroatoms. The lowest BCUT2D eigenvalue weighted by atomic mass is 10.0. The van der Waals surface area contributed by atoms with Crippen molar-refractivity contribution in [2.45, 2.75) is 17.5 Å². The molecule has 2 aliphatic heterocycles. The van der Waals surface area contributed by atoms with E-state index in [4.69, 9.17) is 0 Å². The Morgan fingerprint density at radius 3 is 2.47 bits per heavy atom. The molecular weight excluding hydrogens is 254 g/mol. The van der Waals surface area contributed by atoms with E-state index < -0.39 is 0 Å². The third-order valence-electron chi connectivity index (χ3n) is 4.17. The van der Waals surface area contributed by atoms with Gasteiger partial charge in [0.05, 0.1) is 0 Å². The lowest BCUT2D eigenvalue weighted by molar-refractivity contribution is 0.0223. The molecule has 1 N–H and O–H groups in total. The third-order valence-corrected chi connectivity index (χ3v) is 4.91. The fraction of sp³-hybridized carbons (Fsp3) is 0.600. The van der Waals surface area contributed by atoms with Gasteiger partial charge in [-0.15, -0.1) is 11.8 Å². The van der Waals surface area contributed by atoms with E-state index in [2.05, 4.69) is 45.6 Å². The van der Waals surface area contributed by atoms with Crippen LogP contribution in [0.15, 0.2) is 29.2 Å². The number of thioether (sulfide) groups is 1. The highest BCUT2D eigenvalue weighted by atomic mass is 32.2. The molecule has 19 heavy (non-hydrogen) atoms. The van der Waals surface area contributed by atoms with Crippen molar-refractivity contribution in [3.63, 3.8) is 0 Å². The van der Waals surface area contributed by atoms with Crippen LogP contribution in [0.3, 0.4) is 0 Å². The maximum absolute atomic E-state index is 3.42. The van der Waals surface area contributed by atoms with Gasteiger partial charge < -0.3 is 5.32 Å². The third kappa shape index (κ3) is 3.31. The van der Waals surface area contributed by atoms with Gasteiger partial charge in [0.1, 0.15) is 0 Å². The number of benzene rings is 1. The van der Waals surface area contributed by atoms with Gasteiger partial charge >= 0.3 is 0 Å². The first-order chi connectivity index (χ1) is 9.35. The number of rotatable bonds is 4. The summed E-state index contributed by atoms with van der Waals surface area (Å²) >= 11 is 1.81. The van der Waals surface area contributed by atoms with Gasteiger partial charge in [0.25, 0.3) is 0 Å². The standard InChI is InChI=1S/C15H23N3S/c1-19-15-4-2-13(3-5-15)10-17-11-14(12-17)18-8-6-16-7-9-18/h2-5,14,16H,6-12H2,1H3. The van der Waals surface area contributed by atoms with Crippen LogP contribution >= 0.6 is 11.8 Å². The first-order valence-corrected chi connectivity index (χ1v) is 8.37.